The summed E-state index contributed by atoms with van der Waals surface area (Å²) in [5.74, 6) is 0.860. The van der Waals surface area contributed by atoms with E-state index in [0.29, 0.717) is 5.75 Å². The zero-order chi connectivity index (χ0) is 9.98. The van der Waals surface area contributed by atoms with Crippen LogP contribution in [0.15, 0.2) is 0 Å². The van der Waals surface area contributed by atoms with E-state index in [1.54, 1.807) is 11.8 Å². The summed E-state index contributed by atoms with van der Waals surface area (Å²) in [6.45, 7) is 9.66. The summed E-state index contributed by atoms with van der Waals surface area (Å²) in [5.41, 5.74) is 0. The van der Waals surface area contributed by atoms with Gasteiger partial charge in [-0.15, -0.1) is 0 Å². The smallest absolute Gasteiger partial charge is 0.232 e. The summed E-state index contributed by atoms with van der Waals surface area (Å²) in [5, 5.41) is 0. The molecule has 0 radical (unpaired) electrons. The molecule has 0 aliphatic carbocycles. The molecule has 0 saturated carbocycles. The van der Waals surface area contributed by atoms with Crippen LogP contribution in [0.2, 0.25) is 0 Å². The Balaban J connectivity index is 0. The maximum atomic E-state index is 11.1. The Kier molecular flexibility index (Phi) is 12.9. The van der Waals surface area contributed by atoms with Crippen molar-refractivity contribution in [2.75, 3.05) is 25.1 Å². The molecule has 0 aliphatic heterocycles. The highest BCUT2D eigenvalue weighted by molar-refractivity contribution is 7.99. The van der Waals surface area contributed by atoms with Crippen LogP contribution in [0.4, 0.5) is 0 Å². The first kappa shape index (κ1) is 14.3. The number of nitrogens with zero attached hydrogens (tertiary/aromatic N) is 1. The minimum atomic E-state index is 0.248. The van der Waals surface area contributed by atoms with Crippen molar-refractivity contribution >= 4 is 17.7 Å². The first-order valence-corrected chi connectivity index (χ1v) is 5.92. The molecule has 0 aliphatic rings. The van der Waals surface area contributed by atoms with E-state index in [2.05, 4.69) is 0 Å². The first-order chi connectivity index (χ1) is 5.76. The van der Waals surface area contributed by atoms with Gasteiger partial charge in [-0.05, 0) is 20.1 Å². The third-order valence-corrected chi connectivity index (χ3v) is 1.92. The average Bonchev–Trinajstić information content (AvgIpc) is 2.11. The van der Waals surface area contributed by atoms with E-state index in [1.807, 2.05) is 38.9 Å². The van der Waals surface area contributed by atoms with Gasteiger partial charge in [0.25, 0.3) is 0 Å². The van der Waals surface area contributed by atoms with Crippen molar-refractivity contribution in [3.63, 3.8) is 0 Å². The molecule has 0 N–H and O–H groups in total. The molecule has 2 nitrogen and oxygen atoms in total. The van der Waals surface area contributed by atoms with Crippen molar-refractivity contribution < 1.29 is 4.79 Å². The SMILES string of the molecule is CC.CCN(CC)C(=O)CSC. The number of carbonyl (C=O) groups is 1. The van der Waals surface area contributed by atoms with Gasteiger partial charge in [-0.3, -0.25) is 4.79 Å². The van der Waals surface area contributed by atoms with Crippen LogP contribution >= 0.6 is 11.8 Å². The monoisotopic (exact) mass is 191 g/mol. The van der Waals surface area contributed by atoms with Crippen LogP contribution in [0.1, 0.15) is 27.7 Å². The van der Waals surface area contributed by atoms with E-state index in [0.717, 1.165) is 13.1 Å². The zero-order valence-corrected chi connectivity index (χ0v) is 9.70. The predicted octanol–water partition coefficient (Wildman–Crippen LogP) is 2.24. The lowest BCUT2D eigenvalue weighted by molar-refractivity contribution is -0.127. The molecule has 0 atom stereocenters. The van der Waals surface area contributed by atoms with Gasteiger partial charge >= 0.3 is 0 Å². The number of hydrogen-bond acceptors (Lipinski definition) is 2. The molecule has 0 rings (SSSR count). The van der Waals surface area contributed by atoms with Gasteiger partial charge in [-0.25, -0.2) is 0 Å². The fraction of sp³-hybridized carbons (Fsp3) is 0.889. The Hall–Kier alpha value is -0.180. The normalized spacial score (nSPS) is 8.42. The van der Waals surface area contributed by atoms with Crippen LogP contribution in [-0.4, -0.2) is 35.9 Å². The Bertz CT molecular complexity index is 103. The van der Waals surface area contributed by atoms with Crippen molar-refractivity contribution in [1.29, 1.82) is 0 Å². The molecule has 0 spiro atoms. The fourth-order valence-corrected chi connectivity index (χ4v) is 1.22. The van der Waals surface area contributed by atoms with Gasteiger partial charge in [-0.2, -0.15) is 11.8 Å². The van der Waals surface area contributed by atoms with Gasteiger partial charge in [0.1, 0.15) is 0 Å². The van der Waals surface area contributed by atoms with Gasteiger partial charge in [0.15, 0.2) is 0 Å². The van der Waals surface area contributed by atoms with E-state index >= 15 is 0 Å². The van der Waals surface area contributed by atoms with E-state index in [-0.39, 0.29) is 5.91 Å². The number of hydrogen-bond donors (Lipinski definition) is 0. The van der Waals surface area contributed by atoms with Crippen molar-refractivity contribution in [2.24, 2.45) is 0 Å². The van der Waals surface area contributed by atoms with Crippen LogP contribution in [0.5, 0.6) is 0 Å². The molecule has 0 heterocycles. The van der Waals surface area contributed by atoms with Crippen molar-refractivity contribution in [1.82, 2.24) is 4.90 Å². The van der Waals surface area contributed by atoms with Gasteiger partial charge in [0.05, 0.1) is 5.75 Å². The maximum Gasteiger partial charge on any atom is 0.232 e. The molecule has 3 heteroatoms. The first-order valence-electron chi connectivity index (χ1n) is 4.52. The molecule has 12 heavy (non-hydrogen) atoms. The minimum absolute atomic E-state index is 0.248. The summed E-state index contributed by atoms with van der Waals surface area (Å²) >= 11 is 1.58. The number of thioether (sulfide) groups is 1. The topological polar surface area (TPSA) is 20.3 Å². The standard InChI is InChI=1S/C7H15NOS.C2H6/c1-4-8(5-2)7(9)6-10-3;1-2/h4-6H2,1-3H3;1-2H3. The van der Waals surface area contributed by atoms with Crippen LogP contribution in [0.25, 0.3) is 0 Å². The molecule has 0 fully saturated rings. The quantitative estimate of drug-likeness (QED) is 0.679. The molecule has 0 aromatic rings. The largest absolute Gasteiger partial charge is 0.343 e. The van der Waals surface area contributed by atoms with Crippen molar-refractivity contribution in [3.8, 4) is 0 Å². The lowest BCUT2D eigenvalue weighted by Gasteiger charge is -2.17. The summed E-state index contributed by atoms with van der Waals surface area (Å²) in [6.07, 6.45) is 1.95. The van der Waals surface area contributed by atoms with E-state index in [4.69, 9.17) is 0 Å². The Morgan fingerprint density at radius 2 is 1.67 bits per heavy atom. The van der Waals surface area contributed by atoms with E-state index < -0.39 is 0 Å². The second kappa shape index (κ2) is 10.8. The molecular formula is C9H21NOS. The van der Waals surface area contributed by atoms with Gasteiger partial charge < -0.3 is 4.90 Å². The van der Waals surface area contributed by atoms with Crippen LogP contribution in [0.3, 0.4) is 0 Å². The maximum absolute atomic E-state index is 11.1. The second-order valence-corrected chi connectivity index (χ2v) is 2.87. The lowest BCUT2D eigenvalue weighted by Crippen LogP contribution is -2.31. The van der Waals surface area contributed by atoms with Crippen molar-refractivity contribution in [3.05, 3.63) is 0 Å². The molecule has 0 aromatic heterocycles. The van der Waals surface area contributed by atoms with E-state index in [9.17, 15) is 4.79 Å². The van der Waals surface area contributed by atoms with Crippen LogP contribution < -0.4 is 0 Å². The van der Waals surface area contributed by atoms with Gasteiger partial charge in [-0.1, -0.05) is 13.8 Å². The Morgan fingerprint density at radius 1 is 1.25 bits per heavy atom. The molecule has 1 amide bonds. The molecule has 74 valence electrons. The fourth-order valence-electron chi connectivity index (χ4n) is 0.791. The van der Waals surface area contributed by atoms with Crippen LogP contribution in [0, 0.1) is 0 Å². The average molecular weight is 191 g/mol. The van der Waals surface area contributed by atoms with Crippen molar-refractivity contribution in [2.45, 2.75) is 27.7 Å². The molecule has 0 aromatic carbocycles. The second-order valence-electron chi connectivity index (χ2n) is 2.00. The Morgan fingerprint density at radius 3 is 1.92 bits per heavy atom. The molecular weight excluding hydrogens is 170 g/mol. The number of amides is 1. The highest BCUT2D eigenvalue weighted by Crippen LogP contribution is 1.96. The summed E-state index contributed by atoms with van der Waals surface area (Å²) in [4.78, 5) is 13.0. The van der Waals surface area contributed by atoms with Gasteiger partial charge in [0, 0.05) is 13.1 Å². The zero-order valence-electron chi connectivity index (χ0n) is 8.89. The lowest BCUT2D eigenvalue weighted by atomic mass is 10.5. The minimum Gasteiger partial charge on any atom is -0.343 e. The number of carbonyl (C=O) groups excluding carboxylic acids is 1. The molecule has 0 bridgehead atoms. The van der Waals surface area contributed by atoms with E-state index in [1.165, 1.54) is 0 Å². The summed E-state index contributed by atoms with van der Waals surface area (Å²) in [7, 11) is 0. The highest BCUT2D eigenvalue weighted by Gasteiger charge is 2.06. The third kappa shape index (κ3) is 6.53. The summed E-state index contributed by atoms with van der Waals surface area (Å²) in [6, 6.07) is 0. The predicted molar refractivity (Wildman–Crippen MR) is 57.7 cm³/mol. The van der Waals surface area contributed by atoms with Crippen LogP contribution in [-0.2, 0) is 4.79 Å². The van der Waals surface area contributed by atoms with Gasteiger partial charge in [0.2, 0.25) is 5.91 Å². The molecule has 0 saturated heterocycles. The number of rotatable bonds is 4. The Labute approximate surface area is 80.7 Å². The third-order valence-electron chi connectivity index (χ3n) is 1.38. The highest BCUT2D eigenvalue weighted by atomic mass is 32.2. The molecule has 0 unspecified atom stereocenters. The summed E-state index contributed by atoms with van der Waals surface area (Å²) < 4.78 is 0.